The molecular weight excluding hydrogens is 238 g/mol. The Labute approximate surface area is 107 Å². The predicted molar refractivity (Wildman–Crippen MR) is 70.1 cm³/mol. The van der Waals surface area contributed by atoms with Crippen molar-refractivity contribution < 1.29 is 4.79 Å². The molecule has 1 aromatic heterocycles. The fourth-order valence-electron chi connectivity index (χ4n) is 1.64. The molecule has 17 heavy (non-hydrogen) atoms. The lowest BCUT2D eigenvalue weighted by molar-refractivity contribution is 0.0933. The topological polar surface area (TPSA) is 68.0 Å². The van der Waals surface area contributed by atoms with Crippen LogP contribution in [0.3, 0.4) is 0 Å². The first-order valence-corrected chi connectivity index (χ1v) is 6.18. The van der Waals surface area contributed by atoms with Gasteiger partial charge in [0, 0.05) is 11.6 Å². The highest BCUT2D eigenvalue weighted by atomic mass is 35.5. The summed E-state index contributed by atoms with van der Waals surface area (Å²) in [6, 6.07) is 3.24. The normalized spacial score (nSPS) is 12.2. The molecule has 0 saturated heterocycles. The van der Waals surface area contributed by atoms with E-state index in [0.29, 0.717) is 5.56 Å². The van der Waals surface area contributed by atoms with E-state index in [2.05, 4.69) is 24.1 Å². The summed E-state index contributed by atoms with van der Waals surface area (Å²) >= 11 is 5.75. The summed E-state index contributed by atoms with van der Waals surface area (Å²) in [5, 5.41) is 3.19. The van der Waals surface area contributed by atoms with Crippen molar-refractivity contribution in [3.63, 3.8) is 0 Å². The van der Waals surface area contributed by atoms with Crippen molar-refractivity contribution in [3.8, 4) is 0 Å². The third-order valence-corrected chi connectivity index (χ3v) is 2.73. The van der Waals surface area contributed by atoms with Gasteiger partial charge in [-0.1, -0.05) is 31.9 Å². The Hall–Kier alpha value is -1.29. The molecule has 0 fully saturated rings. The van der Waals surface area contributed by atoms with Crippen molar-refractivity contribution >= 4 is 23.3 Å². The fraction of sp³-hybridized carbons (Fsp3) is 0.500. The minimum absolute atomic E-state index is 0.152. The van der Waals surface area contributed by atoms with Crippen LogP contribution in [-0.2, 0) is 0 Å². The number of nitrogen functional groups attached to an aromatic ring is 1. The number of halogens is 1. The molecule has 94 valence electrons. The van der Waals surface area contributed by atoms with Crippen molar-refractivity contribution in [2.45, 2.75) is 39.2 Å². The number of rotatable bonds is 5. The molecule has 1 heterocycles. The van der Waals surface area contributed by atoms with Gasteiger partial charge in [0.1, 0.15) is 11.0 Å². The number of amides is 1. The number of carbonyl (C=O) groups is 1. The number of nitrogens with one attached hydrogen (secondary N) is 1. The van der Waals surface area contributed by atoms with Crippen LogP contribution in [0.2, 0.25) is 5.15 Å². The third kappa shape index (κ3) is 4.23. The monoisotopic (exact) mass is 255 g/mol. The largest absolute Gasteiger partial charge is 0.384 e. The van der Waals surface area contributed by atoms with Gasteiger partial charge in [0.15, 0.2) is 0 Å². The minimum Gasteiger partial charge on any atom is -0.384 e. The molecule has 0 saturated carbocycles. The van der Waals surface area contributed by atoms with E-state index < -0.39 is 0 Å². The summed E-state index contributed by atoms with van der Waals surface area (Å²) < 4.78 is 0. The van der Waals surface area contributed by atoms with Gasteiger partial charge < -0.3 is 11.1 Å². The van der Waals surface area contributed by atoms with Crippen LogP contribution in [0.15, 0.2) is 12.1 Å². The minimum atomic E-state index is -0.152. The van der Waals surface area contributed by atoms with Crippen LogP contribution >= 0.6 is 11.6 Å². The second kappa shape index (κ2) is 6.45. The lowest BCUT2D eigenvalue weighted by Gasteiger charge is -2.16. The van der Waals surface area contributed by atoms with E-state index in [1.807, 2.05) is 0 Å². The summed E-state index contributed by atoms with van der Waals surface area (Å²) in [5.74, 6) is 0.104. The standard InChI is InChI=1S/C12H18ClN3O/c1-3-5-9(4-2)15-12(17)8-6-10(13)16-11(14)7-8/h6-7,9H,3-5H2,1-2H3,(H2,14,16)(H,15,17). The van der Waals surface area contributed by atoms with Gasteiger partial charge in [-0.05, 0) is 25.0 Å². The highest BCUT2D eigenvalue weighted by Crippen LogP contribution is 2.13. The molecule has 3 N–H and O–H groups in total. The van der Waals surface area contributed by atoms with Gasteiger partial charge in [-0.25, -0.2) is 4.98 Å². The zero-order chi connectivity index (χ0) is 12.8. The first-order valence-electron chi connectivity index (χ1n) is 5.80. The fourth-order valence-corrected chi connectivity index (χ4v) is 1.86. The van der Waals surface area contributed by atoms with E-state index in [0.717, 1.165) is 19.3 Å². The third-order valence-electron chi connectivity index (χ3n) is 2.54. The van der Waals surface area contributed by atoms with E-state index in [1.165, 1.54) is 12.1 Å². The zero-order valence-corrected chi connectivity index (χ0v) is 10.9. The summed E-state index contributed by atoms with van der Waals surface area (Å²) in [6.45, 7) is 4.14. The van der Waals surface area contributed by atoms with Crippen LogP contribution in [0.25, 0.3) is 0 Å². The van der Waals surface area contributed by atoms with E-state index in [1.54, 1.807) is 0 Å². The number of nitrogens with two attached hydrogens (primary N) is 1. The maximum absolute atomic E-state index is 11.9. The molecule has 0 aromatic carbocycles. The molecule has 0 aliphatic rings. The Kier molecular flexibility index (Phi) is 5.22. The van der Waals surface area contributed by atoms with Gasteiger partial charge in [0.25, 0.3) is 5.91 Å². The van der Waals surface area contributed by atoms with Crippen molar-refractivity contribution in [3.05, 3.63) is 22.8 Å². The maximum atomic E-state index is 11.9. The molecule has 1 rings (SSSR count). The van der Waals surface area contributed by atoms with Crippen molar-refractivity contribution in [1.29, 1.82) is 0 Å². The van der Waals surface area contributed by atoms with Crippen LogP contribution in [-0.4, -0.2) is 16.9 Å². The van der Waals surface area contributed by atoms with Gasteiger partial charge in [-0.3, -0.25) is 4.79 Å². The van der Waals surface area contributed by atoms with Crippen LogP contribution in [0.4, 0.5) is 5.82 Å². The number of anilines is 1. The van der Waals surface area contributed by atoms with Crippen LogP contribution in [0, 0.1) is 0 Å². The number of hydrogen-bond acceptors (Lipinski definition) is 3. The average molecular weight is 256 g/mol. The summed E-state index contributed by atoms with van der Waals surface area (Å²) in [6.07, 6.45) is 2.92. The van der Waals surface area contributed by atoms with Gasteiger partial charge in [-0.15, -0.1) is 0 Å². The molecule has 0 radical (unpaired) electrons. The lowest BCUT2D eigenvalue weighted by atomic mass is 10.1. The number of pyridine rings is 1. The van der Waals surface area contributed by atoms with Crippen molar-refractivity contribution in [2.24, 2.45) is 0 Å². The highest BCUT2D eigenvalue weighted by Gasteiger charge is 2.12. The van der Waals surface area contributed by atoms with Gasteiger partial charge >= 0.3 is 0 Å². The first kappa shape index (κ1) is 13.8. The zero-order valence-electron chi connectivity index (χ0n) is 10.2. The quantitative estimate of drug-likeness (QED) is 0.795. The molecule has 1 atom stereocenters. The average Bonchev–Trinajstić information content (AvgIpc) is 2.27. The molecule has 1 aromatic rings. The number of hydrogen-bond donors (Lipinski definition) is 2. The van der Waals surface area contributed by atoms with Crippen LogP contribution in [0.1, 0.15) is 43.5 Å². The van der Waals surface area contributed by atoms with Crippen molar-refractivity contribution in [1.82, 2.24) is 10.3 Å². The van der Waals surface area contributed by atoms with E-state index in [-0.39, 0.29) is 22.9 Å². The van der Waals surface area contributed by atoms with Gasteiger partial charge in [0.2, 0.25) is 0 Å². The Morgan fingerprint density at radius 2 is 2.24 bits per heavy atom. The number of aromatic nitrogens is 1. The maximum Gasteiger partial charge on any atom is 0.251 e. The highest BCUT2D eigenvalue weighted by molar-refractivity contribution is 6.29. The number of carbonyl (C=O) groups excluding carboxylic acids is 1. The predicted octanol–water partition coefficient (Wildman–Crippen LogP) is 2.63. The van der Waals surface area contributed by atoms with Crippen LogP contribution < -0.4 is 11.1 Å². The Morgan fingerprint density at radius 3 is 2.76 bits per heavy atom. The molecule has 4 nitrogen and oxygen atoms in total. The second-order valence-corrected chi connectivity index (χ2v) is 4.36. The Balaban J connectivity index is 2.75. The lowest BCUT2D eigenvalue weighted by Crippen LogP contribution is -2.34. The van der Waals surface area contributed by atoms with E-state index in [9.17, 15) is 4.79 Å². The molecule has 0 bridgehead atoms. The molecule has 5 heteroatoms. The smallest absolute Gasteiger partial charge is 0.251 e. The second-order valence-electron chi connectivity index (χ2n) is 3.97. The first-order chi connectivity index (χ1) is 8.06. The van der Waals surface area contributed by atoms with Crippen LogP contribution in [0.5, 0.6) is 0 Å². The molecule has 0 aliphatic carbocycles. The van der Waals surface area contributed by atoms with E-state index >= 15 is 0 Å². The Morgan fingerprint density at radius 1 is 1.53 bits per heavy atom. The SMILES string of the molecule is CCCC(CC)NC(=O)c1cc(N)nc(Cl)c1. The van der Waals surface area contributed by atoms with Gasteiger partial charge in [0.05, 0.1) is 0 Å². The molecular formula is C12H18ClN3O. The summed E-state index contributed by atoms with van der Waals surface area (Å²) in [4.78, 5) is 15.8. The Bertz CT molecular complexity index is 375. The summed E-state index contributed by atoms with van der Waals surface area (Å²) in [5.41, 5.74) is 6.00. The van der Waals surface area contributed by atoms with E-state index in [4.69, 9.17) is 17.3 Å². The molecule has 0 spiro atoms. The van der Waals surface area contributed by atoms with Crippen molar-refractivity contribution in [2.75, 3.05) is 5.73 Å². The van der Waals surface area contributed by atoms with Gasteiger partial charge in [-0.2, -0.15) is 0 Å². The number of nitrogens with zero attached hydrogens (tertiary/aromatic N) is 1. The molecule has 1 amide bonds. The summed E-state index contributed by atoms with van der Waals surface area (Å²) in [7, 11) is 0. The molecule has 1 unspecified atom stereocenters. The molecule has 0 aliphatic heterocycles.